The molecule has 1 heterocycles. The van der Waals surface area contributed by atoms with Crippen LogP contribution in [-0.4, -0.2) is 37.2 Å². The number of carbonyl (C=O) groups excluding carboxylic acids is 1. The first-order valence-corrected chi connectivity index (χ1v) is 7.96. The molecule has 2 atom stereocenters. The third kappa shape index (κ3) is 4.19. The zero-order valence-electron chi connectivity index (χ0n) is 13.8. The monoisotopic (exact) mass is 326 g/mol. The molecule has 1 aliphatic heterocycles. The second-order valence-corrected chi connectivity index (χ2v) is 6.23. The van der Waals surface area contributed by atoms with Crippen molar-refractivity contribution in [3.8, 4) is 0 Å². The minimum absolute atomic E-state index is 0.0525. The van der Waals surface area contributed by atoms with E-state index in [0.717, 1.165) is 18.9 Å². The summed E-state index contributed by atoms with van der Waals surface area (Å²) < 4.78 is 31.9. The van der Waals surface area contributed by atoms with Gasteiger partial charge < -0.3 is 15.0 Å². The van der Waals surface area contributed by atoms with Gasteiger partial charge in [-0.25, -0.2) is 13.6 Å². The Hall–Kier alpha value is -1.69. The standard InChI is InChI=1S/C17H24F2N2O2/c1-11(2)16(23-3)10-20-17(22)21-8-4-5-15(21)12-6-7-13(18)14(19)9-12/h6-7,9,11,15-16H,4-5,8,10H2,1-3H3,(H,20,22). The maximum absolute atomic E-state index is 13.4. The Morgan fingerprint density at radius 3 is 2.74 bits per heavy atom. The van der Waals surface area contributed by atoms with Gasteiger partial charge in [0, 0.05) is 20.2 Å². The van der Waals surface area contributed by atoms with E-state index in [1.807, 2.05) is 13.8 Å². The van der Waals surface area contributed by atoms with Gasteiger partial charge in [-0.3, -0.25) is 0 Å². The van der Waals surface area contributed by atoms with Crippen molar-refractivity contribution < 1.29 is 18.3 Å². The number of carbonyl (C=O) groups is 1. The first-order valence-electron chi connectivity index (χ1n) is 7.96. The lowest BCUT2D eigenvalue weighted by Crippen LogP contribution is -2.44. The van der Waals surface area contributed by atoms with Crippen molar-refractivity contribution in [2.24, 2.45) is 5.92 Å². The van der Waals surface area contributed by atoms with Crippen molar-refractivity contribution in [3.63, 3.8) is 0 Å². The van der Waals surface area contributed by atoms with E-state index >= 15 is 0 Å². The maximum atomic E-state index is 13.4. The van der Waals surface area contributed by atoms with Gasteiger partial charge in [-0.05, 0) is 36.5 Å². The molecule has 1 saturated heterocycles. The van der Waals surface area contributed by atoms with Gasteiger partial charge in [-0.1, -0.05) is 19.9 Å². The first-order chi connectivity index (χ1) is 10.9. The Labute approximate surface area is 135 Å². The second kappa shape index (κ2) is 7.73. The highest BCUT2D eigenvalue weighted by Gasteiger charge is 2.30. The van der Waals surface area contributed by atoms with Crippen molar-refractivity contribution in [1.82, 2.24) is 10.2 Å². The molecule has 0 spiro atoms. The summed E-state index contributed by atoms with van der Waals surface area (Å²) in [6, 6.07) is 3.42. The van der Waals surface area contributed by atoms with Crippen LogP contribution in [0.2, 0.25) is 0 Å². The van der Waals surface area contributed by atoms with Crippen LogP contribution >= 0.6 is 0 Å². The highest BCUT2D eigenvalue weighted by Crippen LogP contribution is 2.32. The van der Waals surface area contributed by atoms with Crippen molar-refractivity contribution in [2.45, 2.75) is 38.8 Å². The van der Waals surface area contributed by atoms with Gasteiger partial charge in [0.2, 0.25) is 0 Å². The number of nitrogens with zero attached hydrogens (tertiary/aromatic N) is 1. The van der Waals surface area contributed by atoms with Crippen LogP contribution in [0.5, 0.6) is 0 Å². The summed E-state index contributed by atoms with van der Waals surface area (Å²) in [5, 5.41) is 2.88. The second-order valence-electron chi connectivity index (χ2n) is 6.23. The van der Waals surface area contributed by atoms with Gasteiger partial charge in [-0.15, -0.1) is 0 Å². The highest BCUT2D eigenvalue weighted by atomic mass is 19.2. The molecular weight excluding hydrogens is 302 g/mol. The number of rotatable bonds is 5. The van der Waals surface area contributed by atoms with Gasteiger partial charge in [0.25, 0.3) is 0 Å². The average Bonchev–Trinajstić information content (AvgIpc) is 2.99. The largest absolute Gasteiger partial charge is 0.379 e. The molecule has 1 aliphatic rings. The van der Waals surface area contributed by atoms with E-state index in [1.54, 1.807) is 18.1 Å². The average molecular weight is 326 g/mol. The van der Waals surface area contributed by atoms with E-state index in [2.05, 4.69) is 5.32 Å². The number of nitrogens with one attached hydrogen (secondary N) is 1. The number of urea groups is 1. The van der Waals surface area contributed by atoms with Gasteiger partial charge in [0.15, 0.2) is 11.6 Å². The van der Waals surface area contributed by atoms with Gasteiger partial charge in [-0.2, -0.15) is 0 Å². The lowest BCUT2D eigenvalue weighted by Gasteiger charge is -2.27. The summed E-state index contributed by atoms with van der Waals surface area (Å²) in [5.74, 6) is -1.46. The number of likely N-dealkylation sites (tertiary alicyclic amines) is 1. The summed E-state index contributed by atoms with van der Waals surface area (Å²) in [5.41, 5.74) is 0.628. The van der Waals surface area contributed by atoms with Crippen molar-refractivity contribution in [2.75, 3.05) is 20.2 Å². The molecule has 1 N–H and O–H groups in total. The lowest BCUT2D eigenvalue weighted by atomic mass is 10.0. The Bertz CT molecular complexity index is 551. The first kappa shape index (κ1) is 17.7. The molecule has 0 bridgehead atoms. The van der Waals surface area contributed by atoms with Crippen LogP contribution in [0.4, 0.5) is 13.6 Å². The minimum atomic E-state index is -0.881. The number of benzene rings is 1. The van der Waals surface area contributed by atoms with E-state index < -0.39 is 11.6 Å². The van der Waals surface area contributed by atoms with Crippen LogP contribution in [0.25, 0.3) is 0 Å². The molecule has 4 nitrogen and oxygen atoms in total. The Kier molecular flexibility index (Phi) is 5.93. The maximum Gasteiger partial charge on any atom is 0.318 e. The molecule has 0 aliphatic carbocycles. The van der Waals surface area contributed by atoms with Crippen molar-refractivity contribution in [3.05, 3.63) is 35.4 Å². The fraction of sp³-hybridized carbons (Fsp3) is 0.588. The molecule has 1 aromatic carbocycles. The van der Waals surface area contributed by atoms with E-state index in [0.29, 0.717) is 24.6 Å². The topological polar surface area (TPSA) is 41.6 Å². The predicted octanol–water partition coefficient (Wildman–Crippen LogP) is 3.48. The quantitative estimate of drug-likeness (QED) is 0.900. The molecule has 0 saturated carbocycles. The van der Waals surface area contributed by atoms with Crippen LogP contribution in [0.1, 0.15) is 38.3 Å². The summed E-state index contributed by atoms with van der Waals surface area (Å²) in [7, 11) is 1.62. The van der Waals surface area contributed by atoms with E-state index in [9.17, 15) is 13.6 Å². The highest BCUT2D eigenvalue weighted by molar-refractivity contribution is 5.75. The van der Waals surface area contributed by atoms with Gasteiger partial charge in [0.05, 0.1) is 12.1 Å². The number of hydrogen-bond donors (Lipinski definition) is 1. The normalized spacial score (nSPS) is 19.2. The van der Waals surface area contributed by atoms with Crippen molar-refractivity contribution >= 4 is 6.03 Å². The Balaban J connectivity index is 2.03. The van der Waals surface area contributed by atoms with E-state index in [1.165, 1.54) is 6.07 Å². The zero-order valence-corrected chi connectivity index (χ0v) is 13.8. The Morgan fingerprint density at radius 2 is 2.13 bits per heavy atom. The molecular formula is C17H24F2N2O2. The van der Waals surface area contributed by atoms with Crippen LogP contribution in [0.3, 0.4) is 0 Å². The molecule has 0 radical (unpaired) electrons. The fourth-order valence-corrected chi connectivity index (χ4v) is 2.96. The molecule has 2 unspecified atom stereocenters. The third-order valence-electron chi connectivity index (χ3n) is 4.34. The molecule has 6 heteroatoms. The lowest BCUT2D eigenvalue weighted by molar-refractivity contribution is 0.0650. The van der Waals surface area contributed by atoms with E-state index in [4.69, 9.17) is 4.74 Å². The number of amides is 2. The number of ether oxygens (including phenoxy) is 1. The summed E-state index contributed by atoms with van der Waals surface area (Å²) >= 11 is 0. The Morgan fingerprint density at radius 1 is 1.39 bits per heavy atom. The molecule has 2 amide bonds. The molecule has 23 heavy (non-hydrogen) atoms. The molecule has 1 fully saturated rings. The van der Waals surface area contributed by atoms with Crippen molar-refractivity contribution in [1.29, 1.82) is 0 Å². The van der Waals surface area contributed by atoms with Crippen LogP contribution < -0.4 is 5.32 Å². The zero-order chi connectivity index (χ0) is 17.0. The summed E-state index contributed by atoms with van der Waals surface area (Å²) in [6.45, 7) is 5.09. The fourth-order valence-electron chi connectivity index (χ4n) is 2.96. The number of halogens is 2. The minimum Gasteiger partial charge on any atom is -0.379 e. The predicted molar refractivity (Wildman–Crippen MR) is 84.1 cm³/mol. The third-order valence-corrected chi connectivity index (χ3v) is 4.34. The molecule has 1 aromatic rings. The number of hydrogen-bond acceptors (Lipinski definition) is 2. The SMILES string of the molecule is COC(CNC(=O)N1CCCC1c1ccc(F)c(F)c1)C(C)C. The van der Waals surface area contributed by atoms with Gasteiger partial charge in [0.1, 0.15) is 0 Å². The van der Waals surface area contributed by atoms with Crippen LogP contribution in [0, 0.1) is 17.6 Å². The molecule has 0 aromatic heterocycles. The summed E-state index contributed by atoms with van der Waals surface area (Å²) in [4.78, 5) is 14.1. The smallest absolute Gasteiger partial charge is 0.318 e. The summed E-state index contributed by atoms with van der Waals surface area (Å²) in [6.07, 6.45) is 1.54. The van der Waals surface area contributed by atoms with Gasteiger partial charge >= 0.3 is 6.03 Å². The van der Waals surface area contributed by atoms with Crippen LogP contribution in [0.15, 0.2) is 18.2 Å². The molecule has 2 rings (SSSR count). The van der Waals surface area contributed by atoms with Crippen LogP contribution in [-0.2, 0) is 4.74 Å². The molecule has 128 valence electrons. The van der Waals surface area contributed by atoms with E-state index in [-0.39, 0.29) is 18.2 Å². The number of methoxy groups -OCH3 is 1.